The predicted molar refractivity (Wildman–Crippen MR) is 115 cm³/mol. The molecule has 0 radical (unpaired) electrons. The number of esters is 1. The van der Waals surface area contributed by atoms with Gasteiger partial charge in [-0.1, -0.05) is 30.3 Å². The molecule has 2 aromatic carbocycles. The molecule has 0 N–H and O–H groups in total. The molecule has 0 saturated carbocycles. The van der Waals surface area contributed by atoms with Crippen molar-refractivity contribution in [2.45, 2.75) is 26.2 Å². The molecule has 2 aromatic rings. The number of hydrogen-bond donors (Lipinski definition) is 0. The largest absolute Gasteiger partial charge is 0.492 e. The van der Waals surface area contributed by atoms with Crippen molar-refractivity contribution in [3.05, 3.63) is 64.1 Å². The fraction of sp³-hybridized carbons (Fsp3) is 0.391. The number of carbonyl (C=O) groups excluding carboxylic acids is 2. The number of nitrogens with zero attached hydrogens (tertiary/aromatic N) is 1. The summed E-state index contributed by atoms with van der Waals surface area (Å²) in [4.78, 5) is 26.5. The van der Waals surface area contributed by atoms with Gasteiger partial charge in [0.1, 0.15) is 5.75 Å². The van der Waals surface area contributed by atoms with Gasteiger partial charge in [0.25, 0.3) is 5.91 Å². The van der Waals surface area contributed by atoms with Crippen molar-refractivity contribution >= 4 is 27.8 Å². The van der Waals surface area contributed by atoms with Gasteiger partial charge in [0.15, 0.2) is 0 Å². The molecule has 1 heterocycles. The average molecular weight is 460 g/mol. The van der Waals surface area contributed by atoms with Crippen LogP contribution in [0.5, 0.6) is 5.75 Å². The van der Waals surface area contributed by atoms with E-state index in [1.807, 2.05) is 31.2 Å². The lowest BCUT2D eigenvalue weighted by atomic mass is 9.96. The highest BCUT2D eigenvalue weighted by Crippen LogP contribution is 2.28. The molecule has 1 amide bonds. The lowest BCUT2D eigenvalue weighted by Gasteiger charge is -2.31. The fourth-order valence-corrected chi connectivity index (χ4v) is 3.93. The molecule has 0 aromatic heterocycles. The van der Waals surface area contributed by atoms with E-state index in [4.69, 9.17) is 9.47 Å². The molecule has 3 rings (SSSR count). The van der Waals surface area contributed by atoms with Gasteiger partial charge in [-0.15, -0.1) is 0 Å². The van der Waals surface area contributed by atoms with E-state index in [2.05, 4.69) is 28.1 Å². The van der Waals surface area contributed by atoms with Crippen molar-refractivity contribution in [1.82, 2.24) is 4.90 Å². The number of hydrogen-bond acceptors (Lipinski definition) is 4. The molecule has 154 valence electrons. The van der Waals surface area contributed by atoms with E-state index < -0.39 is 0 Å². The van der Waals surface area contributed by atoms with Crippen LogP contribution < -0.4 is 4.74 Å². The fourth-order valence-electron chi connectivity index (χ4n) is 3.44. The second-order valence-corrected chi connectivity index (χ2v) is 7.90. The first-order valence-electron chi connectivity index (χ1n) is 10.0. The predicted octanol–water partition coefficient (Wildman–Crippen LogP) is 4.49. The van der Waals surface area contributed by atoms with Gasteiger partial charge in [0, 0.05) is 25.1 Å². The molecule has 5 nitrogen and oxygen atoms in total. The van der Waals surface area contributed by atoms with Crippen LogP contribution in [0.4, 0.5) is 0 Å². The summed E-state index contributed by atoms with van der Waals surface area (Å²) in [5.41, 5.74) is 1.84. The zero-order chi connectivity index (χ0) is 20.6. The second-order valence-electron chi connectivity index (χ2n) is 7.05. The standard InChI is InChI=1S/C23H26BrNO4/c1-2-28-23(27)18-10-13-25(14-11-18)22(26)19-8-9-21(20(24)16-19)29-15-12-17-6-4-3-5-7-17/h3-9,16,18H,2,10-15H2,1H3. The van der Waals surface area contributed by atoms with Gasteiger partial charge in [-0.25, -0.2) is 0 Å². The van der Waals surface area contributed by atoms with Crippen molar-refractivity contribution in [2.75, 3.05) is 26.3 Å². The van der Waals surface area contributed by atoms with E-state index in [9.17, 15) is 9.59 Å². The van der Waals surface area contributed by atoms with Crippen LogP contribution in [0, 0.1) is 5.92 Å². The molecular weight excluding hydrogens is 434 g/mol. The number of piperidine rings is 1. The average Bonchev–Trinajstić information content (AvgIpc) is 2.75. The number of halogens is 1. The smallest absolute Gasteiger partial charge is 0.309 e. The van der Waals surface area contributed by atoms with Crippen molar-refractivity contribution in [3.63, 3.8) is 0 Å². The van der Waals surface area contributed by atoms with E-state index in [1.165, 1.54) is 5.56 Å². The van der Waals surface area contributed by atoms with Crippen LogP contribution in [0.15, 0.2) is 53.0 Å². The van der Waals surface area contributed by atoms with Crippen LogP contribution in [-0.2, 0) is 16.0 Å². The Morgan fingerprint density at radius 2 is 1.83 bits per heavy atom. The van der Waals surface area contributed by atoms with Crippen LogP contribution in [-0.4, -0.2) is 43.1 Å². The van der Waals surface area contributed by atoms with Crippen molar-refractivity contribution in [3.8, 4) is 5.75 Å². The highest BCUT2D eigenvalue weighted by atomic mass is 79.9. The Hall–Kier alpha value is -2.34. The normalized spacial score (nSPS) is 14.5. The van der Waals surface area contributed by atoms with Crippen molar-refractivity contribution < 1.29 is 19.1 Å². The topological polar surface area (TPSA) is 55.8 Å². The Balaban J connectivity index is 1.53. The zero-order valence-electron chi connectivity index (χ0n) is 16.6. The lowest BCUT2D eigenvalue weighted by molar-refractivity contribution is -0.149. The van der Waals surface area contributed by atoms with Crippen LogP contribution >= 0.6 is 15.9 Å². The van der Waals surface area contributed by atoms with Gasteiger partial charge in [0.05, 0.1) is 23.6 Å². The summed E-state index contributed by atoms with van der Waals surface area (Å²) in [6, 6.07) is 15.6. The van der Waals surface area contributed by atoms with Crippen molar-refractivity contribution in [1.29, 1.82) is 0 Å². The van der Waals surface area contributed by atoms with Gasteiger partial charge < -0.3 is 14.4 Å². The van der Waals surface area contributed by atoms with Crippen LogP contribution in [0.1, 0.15) is 35.7 Å². The first-order chi connectivity index (χ1) is 14.1. The van der Waals surface area contributed by atoms with E-state index in [0.29, 0.717) is 44.7 Å². The third-order valence-electron chi connectivity index (χ3n) is 5.07. The van der Waals surface area contributed by atoms with Gasteiger partial charge in [-0.3, -0.25) is 9.59 Å². The molecule has 1 saturated heterocycles. The maximum atomic E-state index is 12.8. The van der Waals surface area contributed by atoms with Crippen LogP contribution in [0.2, 0.25) is 0 Å². The third-order valence-corrected chi connectivity index (χ3v) is 5.69. The molecule has 0 atom stereocenters. The summed E-state index contributed by atoms with van der Waals surface area (Å²) in [5.74, 6) is 0.438. The molecule has 1 fully saturated rings. The molecule has 1 aliphatic rings. The van der Waals surface area contributed by atoms with E-state index in [0.717, 1.165) is 16.6 Å². The van der Waals surface area contributed by atoms with E-state index in [1.54, 1.807) is 17.0 Å². The summed E-state index contributed by atoms with van der Waals surface area (Å²) in [6.45, 7) is 3.90. The molecular formula is C23H26BrNO4. The molecule has 29 heavy (non-hydrogen) atoms. The number of rotatable bonds is 7. The maximum Gasteiger partial charge on any atom is 0.309 e. The Morgan fingerprint density at radius 3 is 2.48 bits per heavy atom. The molecule has 6 heteroatoms. The second kappa shape index (κ2) is 10.4. The summed E-state index contributed by atoms with van der Waals surface area (Å²) < 4.78 is 11.7. The minimum atomic E-state index is -0.153. The Morgan fingerprint density at radius 1 is 1.10 bits per heavy atom. The lowest BCUT2D eigenvalue weighted by Crippen LogP contribution is -2.40. The monoisotopic (exact) mass is 459 g/mol. The van der Waals surface area contributed by atoms with Gasteiger partial charge in [-0.05, 0) is 59.5 Å². The summed E-state index contributed by atoms with van der Waals surface area (Å²) in [7, 11) is 0. The Labute approximate surface area is 180 Å². The van der Waals surface area contributed by atoms with Gasteiger partial charge >= 0.3 is 5.97 Å². The first kappa shape index (κ1) is 21.4. The number of carbonyl (C=O) groups is 2. The number of likely N-dealkylation sites (tertiary alicyclic amines) is 1. The molecule has 0 unspecified atom stereocenters. The van der Waals surface area contributed by atoms with Crippen LogP contribution in [0.25, 0.3) is 0 Å². The first-order valence-corrected chi connectivity index (χ1v) is 10.8. The Bertz CT molecular complexity index is 832. The van der Waals surface area contributed by atoms with Crippen LogP contribution in [0.3, 0.4) is 0 Å². The number of benzene rings is 2. The number of ether oxygens (including phenoxy) is 2. The Kier molecular flexibility index (Phi) is 7.69. The maximum absolute atomic E-state index is 12.8. The minimum Gasteiger partial charge on any atom is -0.492 e. The molecule has 0 aliphatic carbocycles. The van der Waals surface area contributed by atoms with Crippen molar-refractivity contribution in [2.24, 2.45) is 5.92 Å². The SMILES string of the molecule is CCOC(=O)C1CCN(C(=O)c2ccc(OCCc3ccccc3)c(Br)c2)CC1. The summed E-state index contributed by atoms with van der Waals surface area (Å²) in [5, 5.41) is 0. The van der Waals surface area contributed by atoms with Gasteiger partial charge in [-0.2, -0.15) is 0 Å². The highest BCUT2D eigenvalue weighted by Gasteiger charge is 2.28. The molecule has 0 spiro atoms. The minimum absolute atomic E-state index is 0.0242. The zero-order valence-corrected chi connectivity index (χ0v) is 18.2. The summed E-state index contributed by atoms with van der Waals surface area (Å²) in [6.07, 6.45) is 2.11. The third kappa shape index (κ3) is 5.82. The summed E-state index contributed by atoms with van der Waals surface area (Å²) >= 11 is 3.51. The molecule has 1 aliphatic heterocycles. The van der Waals surface area contributed by atoms with E-state index in [-0.39, 0.29) is 17.8 Å². The number of amides is 1. The quantitative estimate of drug-likeness (QED) is 0.572. The van der Waals surface area contributed by atoms with Gasteiger partial charge in [0.2, 0.25) is 0 Å². The molecule has 0 bridgehead atoms. The van der Waals surface area contributed by atoms with E-state index >= 15 is 0 Å². The highest BCUT2D eigenvalue weighted by molar-refractivity contribution is 9.10.